The monoisotopic (exact) mass is 166 g/mol. The second-order valence-electron chi connectivity index (χ2n) is 2.44. The average Bonchev–Trinajstić information content (AvgIpc) is 2.14. The van der Waals surface area contributed by atoms with E-state index < -0.39 is 0 Å². The van der Waals surface area contributed by atoms with Crippen molar-refractivity contribution in [3.63, 3.8) is 0 Å². The highest BCUT2D eigenvalue weighted by atomic mass is 16.7. The van der Waals surface area contributed by atoms with Gasteiger partial charge in [0, 0.05) is 6.61 Å². The molecule has 66 valence electrons. The van der Waals surface area contributed by atoms with Crippen molar-refractivity contribution in [2.45, 2.75) is 13.5 Å². The topological polar surface area (TPSA) is 18.5 Å². The van der Waals surface area contributed by atoms with Crippen LogP contribution >= 0.6 is 0 Å². The Morgan fingerprint density at radius 3 is 2.50 bits per heavy atom. The summed E-state index contributed by atoms with van der Waals surface area (Å²) in [7, 11) is 0. The Bertz CT molecular complexity index is 196. The third-order valence-corrected chi connectivity index (χ3v) is 1.48. The SMILES string of the molecule is CCOCOCc1ccccc1. The molecule has 0 fully saturated rings. The molecule has 0 aliphatic rings. The Labute approximate surface area is 73.1 Å². The minimum Gasteiger partial charge on any atom is -0.356 e. The Morgan fingerprint density at radius 1 is 1.08 bits per heavy atom. The van der Waals surface area contributed by atoms with Crippen LogP contribution in [0.5, 0.6) is 0 Å². The summed E-state index contributed by atoms with van der Waals surface area (Å²) in [5, 5.41) is 0. The Kier molecular flexibility index (Phi) is 4.42. The maximum absolute atomic E-state index is 5.24. The van der Waals surface area contributed by atoms with Crippen LogP contribution in [0.1, 0.15) is 12.5 Å². The zero-order valence-electron chi connectivity index (χ0n) is 7.32. The molecule has 0 spiro atoms. The zero-order chi connectivity index (χ0) is 8.65. The van der Waals surface area contributed by atoms with Gasteiger partial charge in [-0.15, -0.1) is 0 Å². The van der Waals surface area contributed by atoms with Gasteiger partial charge >= 0.3 is 0 Å². The summed E-state index contributed by atoms with van der Waals surface area (Å²) in [4.78, 5) is 0. The fourth-order valence-corrected chi connectivity index (χ4v) is 0.876. The smallest absolute Gasteiger partial charge is 0.147 e. The van der Waals surface area contributed by atoms with Crippen molar-refractivity contribution in [1.29, 1.82) is 0 Å². The fraction of sp³-hybridized carbons (Fsp3) is 0.400. The van der Waals surface area contributed by atoms with Crippen molar-refractivity contribution in [1.82, 2.24) is 0 Å². The summed E-state index contributed by atoms with van der Waals surface area (Å²) < 4.78 is 10.3. The summed E-state index contributed by atoms with van der Waals surface area (Å²) in [6.45, 7) is 3.66. The van der Waals surface area contributed by atoms with Gasteiger partial charge in [0.05, 0.1) is 6.61 Å². The van der Waals surface area contributed by atoms with Crippen molar-refractivity contribution in [3.05, 3.63) is 35.9 Å². The number of ether oxygens (including phenoxy) is 2. The van der Waals surface area contributed by atoms with Gasteiger partial charge in [0.1, 0.15) is 6.79 Å². The summed E-state index contributed by atoms with van der Waals surface area (Å²) in [5.74, 6) is 0. The number of rotatable bonds is 5. The van der Waals surface area contributed by atoms with E-state index in [1.807, 2.05) is 37.3 Å². The van der Waals surface area contributed by atoms with Crippen LogP contribution in [0.2, 0.25) is 0 Å². The maximum atomic E-state index is 5.24. The molecule has 1 rings (SSSR count). The van der Waals surface area contributed by atoms with E-state index in [1.165, 1.54) is 5.56 Å². The van der Waals surface area contributed by atoms with E-state index in [0.29, 0.717) is 20.0 Å². The minimum atomic E-state index is 0.380. The number of hydrogen-bond donors (Lipinski definition) is 0. The molecule has 0 aromatic heterocycles. The first kappa shape index (κ1) is 9.23. The molecule has 0 unspecified atom stereocenters. The van der Waals surface area contributed by atoms with E-state index in [-0.39, 0.29) is 0 Å². The third-order valence-electron chi connectivity index (χ3n) is 1.48. The van der Waals surface area contributed by atoms with Gasteiger partial charge in [0.15, 0.2) is 0 Å². The van der Waals surface area contributed by atoms with E-state index in [2.05, 4.69) is 0 Å². The van der Waals surface area contributed by atoms with Gasteiger partial charge in [-0.2, -0.15) is 0 Å². The average molecular weight is 166 g/mol. The molecule has 2 nitrogen and oxygen atoms in total. The molecule has 0 amide bonds. The van der Waals surface area contributed by atoms with Gasteiger partial charge in [0.25, 0.3) is 0 Å². The lowest BCUT2D eigenvalue weighted by molar-refractivity contribution is -0.0571. The second-order valence-corrected chi connectivity index (χ2v) is 2.44. The van der Waals surface area contributed by atoms with Crippen LogP contribution in [0.4, 0.5) is 0 Å². The summed E-state index contributed by atoms with van der Waals surface area (Å²) in [5.41, 5.74) is 1.18. The van der Waals surface area contributed by atoms with Crippen molar-refractivity contribution in [3.8, 4) is 0 Å². The van der Waals surface area contributed by atoms with Crippen molar-refractivity contribution < 1.29 is 9.47 Å². The van der Waals surface area contributed by atoms with Gasteiger partial charge in [-0.25, -0.2) is 0 Å². The van der Waals surface area contributed by atoms with E-state index in [1.54, 1.807) is 0 Å². The molecule has 0 bridgehead atoms. The molecule has 2 heteroatoms. The van der Waals surface area contributed by atoms with E-state index in [9.17, 15) is 0 Å². The first-order valence-corrected chi connectivity index (χ1v) is 4.13. The number of hydrogen-bond acceptors (Lipinski definition) is 2. The Balaban J connectivity index is 2.16. The summed E-state index contributed by atoms with van der Waals surface area (Å²) >= 11 is 0. The number of benzene rings is 1. The van der Waals surface area contributed by atoms with Crippen molar-refractivity contribution >= 4 is 0 Å². The molecule has 0 saturated carbocycles. The van der Waals surface area contributed by atoms with Gasteiger partial charge in [-0.1, -0.05) is 30.3 Å². The van der Waals surface area contributed by atoms with E-state index >= 15 is 0 Å². The molecule has 0 aliphatic heterocycles. The van der Waals surface area contributed by atoms with Gasteiger partial charge < -0.3 is 9.47 Å². The highest BCUT2D eigenvalue weighted by Gasteiger charge is 1.89. The second kappa shape index (κ2) is 5.75. The predicted molar refractivity (Wildman–Crippen MR) is 47.7 cm³/mol. The van der Waals surface area contributed by atoms with E-state index in [4.69, 9.17) is 9.47 Å². The van der Waals surface area contributed by atoms with Gasteiger partial charge in [-0.3, -0.25) is 0 Å². The quantitative estimate of drug-likeness (QED) is 0.493. The lowest BCUT2D eigenvalue weighted by atomic mass is 10.2. The highest BCUT2D eigenvalue weighted by molar-refractivity contribution is 5.13. The molecule has 0 aliphatic carbocycles. The molecule has 1 aromatic carbocycles. The minimum absolute atomic E-state index is 0.380. The van der Waals surface area contributed by atoms with Crippen LogP contribution in [-0.4, -0.2) is 13.4 Å². The summed E-state index contributed by atoms with van der Waals surface area (Å²) in [6.07, 6.45) is 0. The van der Waals surface area contributed by atoms with E-state index in [0.717, 1.165) is 0 Å². The standard InChI is InChI=1S/C10H14O2/c1-2-11-9-12-8-10-6-4-3-5-7-10/h3-7H,2,8-9H2,1H3. The maximum Gasteiger partial charge on any atom is 0.147 e. The lowest BCUT2D eigenvalue weighted by Crippen LogP contribution is -1.99. The molecular formula is C10H14O2. The van der Waals surface area contributed by atoms with Crippen molar-refractivity contribution in [2.24, 2.45) is 0 Å². The Hall–Kier alpha value is -0.860. The van der Waals surface area contributed by atoms with Crippen LogP contribution < -0.4 is 0 Å². The molecular weight excluding hydrogens is 152 g/mol. The normalized spacial score (nSPS) is 10.1. The third kappa shape index (κ3) is 3.51. The fourth-order valence-electron chi connectivity index (χ4n) is 0.876. The van der Waals surface area contributed by atoms with Crippen LogP contribution in [0, 0.1) is 0 Å². The highest BCUT2D eigenvalue weighted by Crippen LogP contribution is 1.99. The van der Waals surface area contributed by atoms with Crippen molar-refractivity contribution in [2.75, 3.05) is 13.4 Å². The molecule has 0 atom stereocenters. The van der Waals surface area contributed by atoms with Crippen LogP contribution in [-0.2, 0) is 16.1 Å². The Morgan fingerprint density at radius 2 is 1.83 bits per heavy atom. The molecule has 12 heavy (non-hydrogen) atoms. The lowest BCUT2D eigenvalue weighted by Gasteiger charge is -2.03. The van der Waals surface area contributed by atoms with Gasteiger partial charge in [0.2, 0.25) is 0 Å². The predicted octanol–water partition coefficient (Wildman–Crippen LogP) is 2.20. The van der Waals surface area contributed by atoms with Crippen LogP contribution in [0.15, 0.2) is 30.3 Å². The molecule has 0 N–H and O–H groups in total. The van der Waals surface area contributed by atoms with Gasteiger partial charge in [-0.05, 0) is 12.5 Å². The van der Waals surface area contributed by atoms with Crippen LogP contribution in [0.3, 0.4) is 0 Å². The first-order valence-electron chi connectivity index (χ1n) is 4.13. The van der Waals surface area contributed by atoms with Crippen LogP contribution in [0.25, 0.3) is 0 Å². The largest absolute Gasteiger partial charge is 0.356 e. The zero-order valence-corrected chi connectivity index (χ0v) is 7.32. The first-order chi connectivity index (χ1) is 5.93. The molecule has 0 saturated heterocycles. The molecule has 1 aromatic rings. The molecule has 0 heterocycles. The summed E-state index contributed by atoms with van der Waals surface area (Å²) in [6, 6.07) is 10.1. The molecule has 0 radical (unpaired) electrons.